The van der Waals surface area contributed by atoms with E-state index >= 15 is 0 Å². The molecule has 1 fully saturated rings. The molecule has 33 heavy (non-hydrogen) atoms. The Balaban J connectivity index is 1.26. The topological polar surface area (TPSA) is 79.4 Å². The van der Waals surface area contributed by atoms with Crippen molar-refractivity contribution in [3.63, 3.8) is 0 Å². The summed E-state index contributed by atoms with van der Waals surface area (Å²) in [7, 11) is -3.20. The molecule has 1 saturated heterocycles. The molecular weight excluding hydrogens is 454 g/mol. The molecule has 0 saturated carbocycles. The van der Waals surface area contributed by atoms with Crippen LogP contribution in [0.4, 0.5) is 11.4 Å². The third kappa shape index (κ3) is 4.67. The van der Waals surface area contributed by atoms with E-state index in [1.807, 2.05) is 48.5 Å². The third-order valence-electron chi connectivity index (χ3n) is 5.38. The highest BCUT2D eigenvalue weighted by Gasteiger charge is 2.28. The van der Waals surface area contributed by atoms with Gasteiger partial charge in [-0.3, -0.25) is 9.10 Å². The lowest BCUT2D eigenvalue weighted by atomic mass is 10.2. The minimum absolute atomic E-state index is 0.189. The van der Waals surface area contributed by atoms with Crippen LogP contribution in [0.3, 0.4) is 0 Å². The van der Waals surface area contributed by atoms with Crippen LogP contribution in [-0.2, 0) is 14.8 Å². The largest absolute Gasteiger partial charge is 0.322 e. The summed E-state index contributed by atoms with van der Waals surface area (Å²) in [6.07, 6.45) is 3.81. The molecule has 0 aliphatic carbocycles. The van der Waals surface area contributed by atoms with Gasteiger partial charge in [0.25, 0.3) is 0 Å². The molecule has 0 radical (unpaired) electrons. The van der Waals surface area contributed by atoms with Gasteiger partial charge >= 0.3 is 0 Å². The number of sulfonamides is 1. The van der Waals surface area contributed by atoms with Crippen molar-refractivity contribution in [2.24, 2.45) is 0 Å². The van der Waals surface area contributed by atoms with Gasteiger partial charge in [0.2, 0.25) is 15.9 Å². The van der Waals surface area contributed by atoms with Crippen molar-refractivity contribution in [2.45, 2.75) is 6.42 Å². The molecule has 1 aromatic heterocycles. The second-order valence-electron chi connectivity index (χ2n) is 7.72. The number of rotatable bonds is 5. The fraction of sp³-hybridized carbons (Fsp3) is 0.120. The van der Waals surface area contributed by atoms with Crippen LogP contribution >= 0.6 is 11.3 Å². The van der Waals surface area contributed by atoms with E-state index < -0.39 is 10.0 Å². The number of nitrogens with zero attached hydrogens (tertiary/aromatic N) is 2. The van der Waals surface area contributed by atoms with Gasteiger partial charge in [0.1, 0.15) is 5.01 Å². The van der Waals surface area contributed by atoms with Crippen LogP contribution in [-0.4, -0.2) is 31.6 Å². The molecule has 2 heterocycles. The van der Waals surface area contributed by atoms with E-state index in [0.717, 1.165) is 26.4 Å². The van der Waals surface area contributed by atoms with Gasteiger partial charge in [0.15, 0.2) is 0 Å². The van der Waals surface area contributed by atoms with E-state index in [2.05, 4.69) is 10.3 Å². The zero-order chi connectivity index (χ0) is 22.8. The molecule has 0 unspecified atom stereocenters. The van der Waals surface area contributed by atoms with E-state index in [4.69, 9.17) is 0 Å². The minimum Gasteiger partial charge on any atom is -0.322 e. The van der Waals surface area contributed by atoms with Crippen LogP contribution in [0.25, 0.3) is 26.9 Å². The normalized spacial score (nSPS) is 15.3. The van der Waals surface area contributed by atoms with Crippen LogP contribution in [0.15, 0.2) is 78.9 Å². The van der Waals surface area contributed by atoms with Gasteiger partial charge in [-0.25, -0.2) is 13.4 Å². The number of hydrogen-bond donors (Lipinski definition) is 1. The molecule has 0 bridgehead atoms. The Kier molecular flexibility index (Phi) is 5.70. The second kappa shape index (κ2) is 8.80. The van der Waals surface area contributed by atoms with E-state index in [-0.39, 0.29) is 11.7 Å². The summed E-state index contributed by atoms with van der Waals surface area (Å²) in [5.74, 6) is -0.0581. The van der Waals surface area contributed by atoms with Gasteiger partial charge in [-0.1, -0.05) is 36.4 Å². The third-order valence-corrected chi connectivity index (χ3v) is 8.33. The van der Waals surface area contributed by atoms with E-state index in [9.17, 15) is 13.2 Å². The van der Waals surface area contributed by atoms with Gasteiger partial charge in [0.05, 0.1) is 21.7 Å². The second-order valence-corrected chi connectivity index (χ2v) is 10.8. The highest BCUT2D eigenvalue weighted by atomic mass is 32.2. The molecule has 6 nitrogen and oxygen atoms in total. The number of thiazole rings is 1. The Morgan fingerprint density at radius 2 is 1.85 bits per heavy atom. The molecule has 4 aromatic rings. The molecule has 8 heteroatoms. The van der Waals surface area contributed by atoms with Crippen molar-refractivity contribution in [1.82, 2.24) is 4.98 Å². The maximum Gasteiger partial charge on any atom is 0.248 e. The Hall–Kier alpha value is -3.49. The highest BCUT2D eigenvalue weighted by Crippen LogP contribution is 2.31. The van der Waals surface area contributed by atoms with Gasteiger partial charge in [0, 0.05) is 23.9 Å². The predicted octanol–water partition coefficient (Wildman–Crippen LogP) is 5.16. The van der Waals surface area contributed by atoms with Gasteiger partial charge in [-0.15, -0.1) is 11.3 Å². The predicted molar refractivity (Wildman–Crippen MR) is 135 cm³/mol. The fourth-order valence-electron chi connectivity index (χ4n) is 3.76. The van der Waals surface area contributed by atoms with Crippen molar-refractivity contribution in [3.05, 3.63) is 84.4 Å². The first-order valence-electron chi connectivity index (χ1n) is 10.5. The maximum absolute atomic E-state index is 12.4. The summed E-state index contributed by atoms with van der Waals surface area (Å²) in [6, 6.07) is 22.8. The first kappa shape index (κ1) is 21.4. The van der Waals surface area contributed by atoms with Gasteiger partial charge in [-0.2, -0.15) is 0 Å². The number of nitrogens with one attached hydrogen (secondary N) is 1. The Labute approximate surface area is 196 Å². The first-order chi connectivity index (χ1) is 16.0. The summed E-state index contributed by atoms with van der Waals surface area (Å²) in [4.78, 5) is 17.1. The van der Waals surface area contributed by atoms with Gasteiger partial charge < -0.3 is 5.32 Å². The summed E-state index contributed by atoms with van der Waals surface area (Å²) in [5, 5.41) is 3.79. The number of fused-ring (bicyclic) bond motifs is 1. The highest BCUT2D eigenvalue weighted by molar-refractivity contribution is 7.93. The summed E-state index contributed by atoms with van der Waals surface area (Å²) >= 11 is 1.62. The molecule has 166 valence electrons. The number of aromatic nitrogens is 1. The maximum atomic E-state index is 12.4. The molecule has 0 atom stereocenters. The molecule has 3 aromatic carbocycles. The lowest BCUT2D eigenvalue weighted by molar-refractivity contribution is -0.111. The number of amides is 1. The molecular formula is C25H21N3O3S2. The van der Waals surface area contributed by atoms with Crippen molar-refractivity contribution in [3.8, 4) is 10.6 Å². The average Bonchev–Trinajstić information content (AvgIpc) is 3.41. The Bertz CT molecular complexity index is 1420. The van der Waals surface area contributed by atoms with Crippen molar-refractivity contribution >= 4 is 54.9 Å². The van der Waals surface area contributed by atoms with Crippen molar-refractivity contribution < 1.29 is 13.2 Å². The lowest BCUT2D eigenvalue weighted by Gasteiger charge is -2.16. The SMILES string of the molecule is O=C(/C=C/c1ccc(N2CCCS2(=O)=O)cc1)Nc1cccc(-c2nc3ccccc3s2)c1. The molecule has 1 amide bonds. The first-order valence-corrected chi connectivity index (χ1v) is 13.0. The number of anilines is 2. The number of carbonyl (C=O) groups is 1. The molecule has 1 aliphatic heterocycles. The summed E-state index contributed by atoms with van der Waals surface area (Å²) in [5.41, 5.74) is 4.07. The molecule has 1 aliphatic rings. The van der Waals surface area contributed by atoms with Crippen LogP contribution in [0, 0.1) is 0 Å². The van der Waals surface area contributed by atoms with Gasteiger partial charge in [-0.05, 0) is 54.5 Å². The average molecular weight is 476 g/mol. The van der Waals surface area contributed by atoms with E-state index in [1.165, 1.54) is 10.4 Å². The minimum atomic E-state index is -3.20. The van der Waals surface area contributed by atoms with Crippen LogP contribution in [0.2, 0.25) is 0 Å². The number of carbonyl (C=O) groups excluding carboxylic acids is 1. The molecule has 0 spiro atoms. The lowest BCUT2D eigenvalue weighted by Crippen LogP contribution is -2.24. The summed E-state index contributed by atoms with van der Waals surface area (Å²) in [6.45, 7) is 0.510. The van der Waals surface area contributed by atoms with Crippen LogP contribution < -0.4 is 9.62 Å². The quantitative estimate of drug-likeness (QED) is 0.405. The van der Waals surface area contributed by atoms with E-state index in [0.29, 0.717) is 24.3 Å². The Morgan fingerprint density at radius 1 is 1.03 bits per heavy atom. The molecule has 1 N–H and O–H groups in total. The summed E-state index contributed by atoms with van der Waals surface area (Å²) < 4.78 is 26.7. The molecule has 5 rings (SSSR count). The number of hydrogen-bond acceptors (Lipinski definition) is 5. The van der Waals surface area contributed by atoms with Crippen LogP contribution in [0.5, 0.6) is 0 Å². The zero-order valence-corrected chi connectivity index (χ0v) is 19.3. The van der Waals surface area contributed by atoms with Crippen LogP contribution in [0.1, 0.15) is 12.0 Å². The smallest absolute Gasteiger partial charge is 0.248 e. The van der Waals surface area contributed by atoms with Crippen molar-refractivity contribution in [2.75, 3.05) is 21.9 Å². The standard InChI is InChI=1S/C25H21N3O3S2/c29-24(14-11-18-9-12-21(13-10-18)28-15-4-16-33(28,30)31)26-20-6-3-5-19(17-20)25-27-22-7-1-2-8-23(22)32-25/h1-3,5-14,17H,4,15-16H2,(H,26,29)/b14-11+. The van der Waals surface area contributed by atoms with Crippen molar-refractivity contribution in [1.29, 1.82) is 0 Å². The number of para-hydroxylation sites is 1. The number of benzene rings is 3. The van der Waals surface area contributed by atoms with E-state index in [1.54, 1.807) is 41.7 Å². The zero-order valence-electron chi connectivity index (χ0n) is 17.6. The Morgan fingerprint density at radius 3 is 2.61 bits per heavy atom. The monoisotopic (exact) mass is 475 g/mol. The fourth-order valence-corrected chi connectivity index (χ4v) is 6.29.